The highest BCUT2D eigenvalue weighted by molar-refractivity contribution is 7.09. The third-order valence-electron chi connectivity index (χ3n) is 3.17. The molecular weight excluding hydrogens is 270 g/mol. The van der Waals surface area contributed by atoms with Crippen molar-refractivity contribution in [1.29, 1.82) is 0 Å². The van der Waals surface area contributed by atoms with E-state index in [-0.39, 0.29) is 11.5 Å². The van der Waals surface area contributed by atoms with Crippen LogP contribution >= 0.6 is 11.3 Å². The van der Waals surface area contributed by atoms with Gasteiger partial charge in [-0.25, -0.2) is 9.97 Å². The van der Waals surface area contributed by atoms with E-state index in [0.717, 1.165) is 23.8 Å². The van der Waals surface area contributed by atoms with Gasteiger partial charge in [0.25, 0.3) is 0 Å². The lowest BCUT2D eigenvalue weighted by atomic mass is 9.94. The first-order chi connectivity index (χ1) is 9.40. The van der Waals surface area contributed by atoms with Crippen LogP contribution in [0.4, 0.5) is 0 Å². The minimum atomic E-state index is 0.00179. The molecule has 4 nitrogen and oxygen atoms in total. The fraction of sp³-hybridized carbons (Fsp3) is 0.600. The number of hydrogen-bond acceptors (Lipinski definition) is 5. The summed E-state index contributed by atoms with van der Waals surface area (Å²) in [5.74, 6) is 1.65. The van der Waals surface area contributed by atoms with E-state index in [1.165, 1.54) is 5.01 Å². The van der Waals surface area contributed by atoms with Crippen LogP contribution in [0, 0.1) is 0 Å². The van der Waals surface area contributed by atoms with Crippen LogP contribution in [0.15, 0.2) is 16.0 Å². The predicted molar refractivity (Wildman–Crippen MR) is 81.9 cm³/mol. The molecule has 0 unspecified atom stereocenters. The van der Waals surface area contributed by atoms with Gasteiger partial charge in [-0.3, -0.25) is 0 Å². The highest BCUT2D eigenvalue weighted by atomic mass is 32.1. The van der Waals surface area contributed by atoms with Crippen molar-refractivity contribution in [2.75, 3.05) is 0 Å². The summed E-state index contributed by atoms with van der Waals surface area (Å²) in [7, 11) is 0. The second-order valence-electron chi connectivity index (χ2n) is 5.99. The Balaban J connectivity index is 1.93. The molecule has 0 fully saturated rings. The lowest BCUT2D eigenvalue weighted by molar-refractivity contribution is 0.367. The number of aromatic nitrogens is 2. The zero-order chi connectivity index (χ0) is 14.8. The SMILES string of the molecule is CCc1nc([C@@H](C)NCc2ncc(C(C)(C)C)o2)cs1. The van der Waals surface area contributed by atoms with Crippen LogP contribution in [0.2, 0.25) is 0 Å². The monoisotopic (exact) mass is 293 g/mol. The van der Waals surface area contributed by atoms with Crippen molar-refractivity contribution >= 4 is 11.3 Å². The van der Waals surface area contributed by atoms with Crippen LogP contribution in [0.5, 0.6) is 0 Å². The van der Waals surface area contributed by atoms with Gasteiger partial charge < -0.3 is 9.73 Å². The summed E-state index contributed by atoms with van der Waals surface area (Å²) in [5, 5.41) is 6.70. The molecule has 2 aromatic heterocycles. The first-order valence-corrected chi connectivity index (χ1v) is 7.91. The van der Waals surface area contributed by atoms with Gasteiger partial charge in [-0.05, 0) is 13.3 Å². The summed E-state index contributed by atoms with van der Waals surface area (Å²) in [6.07, 6.45) is 2.81. The Morgan fingerprint density at radius 1 is 1.40 bits per heavy atom. The van der Waals surface area contributed by atoms with Gasteiger partial charge >= 0.3 is 0 Å². The Morgan fingerprint density at radius 3 is 2.70 bits per heavy atom. The maximum absolute atomic E-state index is 5.77. The van der Waals surface area contributed by atoms with Crippen LogP contribution in [-0.2, 0) is 18.4 Å². The Kier molecular flexibility index (Phi) is 4.60. The summed E-state index contributed by atoms with van der Waals surface area (Å²) in [6, 6.07) is 0.205. The largest absolute Gasteiger partial charge is 0.444 e. The van der Waals surface area contributed by atoms with Gasteiger partial charge in [-0.1, -0.05) is 27.7 Å². The van der Waals surface area contributed by atoms with Gasteiger partial charge in [0.05, 0.1) is 23.4 Å². The first kappa shape index (κ1) is 15.2. The standard InChI is InChI=1S/C15H23N3OS/c1-6-14-18-11(9-20-14)10(2)16-8-13-17-7-12(19-13)15(3,4)5/h7,9-10,16H,6,8H2,1-5H3/t10-/m1/s1. The summed E-state index contributed by atoms with van der Waals surface area (Å²) >= 11 is 1.72. The molecular formula is C15H23N3OS. The molecule has 0 bridgehead atoms. The van der Waals surface area contributed by atoms with E-state index >= 15 is 0 Å². The Morgan fingerprint density at radius 2 is 2.15 bits per heavy atom. The van der Waals surface area contributed by atoms with E-state index < -0.39 is 0 Å². The number of hydrogen-bond donors (Lipinski definition) is 1. The fourth-order valence-electron chi connectivity index (χ4n) is 1.77. The van der Waals surface area contributed by atoms with E-state index in [2.05, 4.69) is 55.3 Å². The van der Waals surface area contributed by atoms with Crippen molar-refractivity contribution in [2.24, 2.45) is 0 Å². The fourth-order valence-corrected chi connectivity index (χ4v) is 2.61. The molecule has 20 heavy (non-hydrogen) atoms. The van der Waals surface area contributed by atoms with Crippen LogP contribution in [0.25, 0.3) is 0 Å². The van der Waals surface area contributed by atoms with Gasteiger partial charge in [0.15, 0.2) is 0 Å². The molecule has 2 aromatic rings. The molecule has 0 saturated heterocycles. The first-order valence-electron chi connectivity index (χ1n) is 7.03. The van der Waals surface area contributed by atoms with Gasteiger partial charge in [-0.2, -0.15) is 0 Å². The van der Waals surface area contributed by atoms with Crippen molar-refractivity contribution in [3.63, 3.8) is 0 Å². The number of rotatable bonds is 5. The quantitative estimate of drug-likeness (QED) is 0.910. The summed E-state index contributed by atoms with van der Waals surface area (Å²) in [6.45, 7) is 11.2. The third kappa shape index (κ3) is 3.67. The average molecular weight is 293 g/mol. The summed E-state index contributed by atoms with van der Waals surface area (Å²) in [4.78, 5) is 8.91. The molecule has 2 heterocycles. The number of aryl methyl sites for hydroxylation is 1. The molecule has 2 rings (SSSR count). The van der Waals surface area contributed by atoms with Crippen molar-refractivity contribution in [3.05, 3.63) is 33.9 Å². The number of nitrogens with one attached hydrogen (secondary N) is 1. The molecule has 0 spiro atoms. The van der Waals surface area contributed by atoms with E-state index in [1.54, 1.807) is 11.3 Å². The number of oxazole rings is 1. The average Bonchev–Trinajstić information content (AvgIpc) is 3.04. The summed E-state index contributed by atoms with van der Waals surface area (Å²) < 4.78 is 5.77. The zero-order valence-electron chi connectivity index (χ0n) is 12.9. The molecule has 0 radical (unpaired) electrons. The van der Waals surface area contributed by atoms with Gasteiger partial charge in [0.1, 0.15) is 5.76 Å². The third-order valence-corrected chi connectivity index (χ3v) is 4.18. The smallest absolute Gasteiger partial charge is 0.208 e. The lowest BCUT2D eigenvalue weighted by Crippen LogP contribution is -2.18. The molecule has 5 heteroatoms. The Hall–Kier alpha value is -1.20. The maximum atomic E-state index is 5.77. The normalized spacial score (nSPS) is 13.7. The van der Waals surface area contributed by atoms with Crippen LogP contribution in [0.3, 0.4) is 0 Å². The second-order valence-corrected chi connectivity index (χ2v) is 6.93. The molecule has 1 atom stereocenters. The van der Waals surface area contributed by atoms with Gasteiger partial charge in [-0.15, -0.1) is 11.3 Å². The highest BCUT2D eigenvalue weighted by Crippen LogP contribution is 2.23. The highest BCUT2D eigenvalue weighted by Gasteiger charge is 2.19. The van der Waals surface area contributed by atoms with E-state index in [4.69, 9.17) is 4.42 Å². The van der Waals surface area contributed by atoms with Gasteiger partial charge in [0, 0.05) is 16.8 Å². The van der Waals surface area contributed by atoms with Crippen LogP contribution < -0.4 is 5.32 Å². The van der Waals surface area contributed by atoms with Crippen LogP contribution in [0.1, 0.15) is 63.0 Å². The van der Waals surface area contributed by atoms with Crippen molar-refractivity contribution in [1.82, 2.24) is 15.3 Å². The minimum absolute atomic E-state index is 0.00179. The Labute approximate surface area is 124 Å². The lowest BCUT2D eigenvalue weighted by Gasteiger charge is -2.13. The Bertz CT molecular complexity index is 553. The molecule has 1 N–H and O–H groups in total. The molecule has 110 valence electrons. The summed E-state index contributed by atoms with van der Waals surface area (Å²) in [5.41, 5.74) is 1.09. The second kappa shape index (κ2) is 6.06. The van der Waals surface area contributed by atoms with E-state index in [0.29, 0.717) is 6.54 Å². The molecule has 0 saturated carbocycles. The minimum Gasteiger partial charge on any atom is -0.444 e. The maximum Gasteiger partial charge on any atom is 0.208 e. The number of nitrogens with zero attached hydrogens (tertiary/aromatic N) is 2. The van der Waals surface area contributed by atoms with E-state index in [9.17, 15) is 0 Å². The van der Waals surface area contributed by atoms with Crippen molar-refractivity contribution in [2.45, 2.75) is 59.0 Å². The topological polar surface area (TPSA) is 51.0 Å². The van der Waals surface area contributed by atoms with Crippen LogP contribution in [-0.4, -0.2) is 9.97 Å². The van der Waals surface area contributed by atoms with Gasteiger partial charge in [0.2, 0.25) is 5.89 Å². The molecule has 0 aliphatic heterocycles. The zero-order valence-corrected chi connectivity index (χ0v) is 13.7. The van der Waals surface area contributed by atoms with Crippen molar-refractivity contribution < 1.29 is 4.42 Å². The predicted octanol–water partition coefficient (Wildman–Crippen LogP) is 3.84. The molecule has 0 aromatic carbocycles. The van der Waals surface area contributed by atoms with Crippen molar-refractivity contribution in [3.8, 4) is 0 Å². The molecule has 0 amide bonds. The molecule has 0 aliphatic carbocycles. The number of thiazole rings is 1. The molecule has 0 aliphatic rings. The van der Waals surface area contributed by atoms with E-state index in [1.807, 2.05) is 6.20 Å².